The molecular formula is C20H22N4O2S. The lowest BCUT2D eigenvalue weighted by Gasteiger charge is -2.30. The summed E-state index contributed by atoms with van der Waals surface area (Å²) < 4.78 is 5.88. The van der Waals surface area contributed by atoms with Crippen LogP contribution in [-0.2, 0) is 6.42 Å². The molecule has 7 heteroatoms. The summed E-state index contributed by atoms with van der Waals surface area (Å²) in [6.07, 6.45) is 4.39. The van der Waals surface area contributed by atoms with Crippen molar-refractivity contribution in [3.8, 4) is 11.5 Å². The van der Waals surface area contributed by atoms with Gasteiger partial charge in [0.25, 0.3) is 5.91 Å². The molecule has 0 radical (unpaired) electrons. The van der Waals surface area contributed by atoms with Crippen molar-refractivity contribution in [2.45, 2.75) is 39.0 Å². The summed E-state index contributed by atoms with van der Waals surface area (Å²) in [6.45, 7) is 5.48. The van der Waals surface area contributed by atoms with Crippen LogP contribution in [0.1, 0.15) is 52.5 Å². The van der Waals surface area contributed by atoms with Gasteiger partial charge in [0.05, 0.1) is 11.1 Å². The van der Waals surface area contributed by atoms with Gasteiger partial charge in [-0.05, 0) is 44.4 Å². The van der Waals surface area contributed by atoms with Crippen molar-refractivity contribution in [2.75, 3.05) is 13.1 Å². The molecule has 3 aromatic rings. The molecule has 3 aromatic heterocycles. The molecule has 0 unspecified atom stereocenters. The first-order chi connectivity index (χ1) is 13.1. The van der Waals surface area contributed by atoms with Gasteiger partial charge < -0.3 is 9.32 Å². The highest BCUT2D eigenvalue weighted by atomic mass is 32.1. The Hall–Kier alpha value is -2.54. The van der Waals surface area contributed by atoms with Gasteiger partial charge in [-0.3, -0.25) is 9.78 Å². The van der Waals surface area contributed by atoms with Crippen LogP contribution in [0.15, 0.2) is 34.2 Å². The first-order valence-electron chi connectivity index (χ1n) is 9.27. The van der Waals surface area contributed by atoms with Gasteiger partial charge >= 0.3 is 0 Å². The Morgan fingerprint density at radius 2 is 2.11 bits per heavy atom. The molecule has 140 valence electrons. The zero-order valence-electron chi connectivity index (χ0n) is 15.5. The molecule has 4 rings (SSSR count). The zero-order valence-corrected chi connectivity index (χ0v) is 16.3. The van der Waals surface area contributed by atoms with Gasteiger partial charge in [-0.25, -0.2) is 0 Å². The topological polar surface area (TPSA) is 72.1 Å². The first-order valence-corrected chi connectivity index (χ1v) is 10.1. The van der Waals surface area contributed by atoms with E-state index in [0.717, 1.165) is 36.1 Å². The molecule has 27 heavy (non-hydrogen) atoms. The van der Waals surface area contributed by atoms with Crippen molar-refractivity contribution < 1.29 is 9.21 Å². The van der Waals surface area contributed by atoms with E-state index in [9.17, 15) is 4.79 Å². The van der Waals surface area contributed by atoms with Crippen LogP contribution in [-0.4, -0.2) is 39.1 Å². The summed E-state index contributed by atoms with van der Waals surface area (Å²) in [5.74, 6) is 1.48. The molecule has 0 aliphatic carbocycles. The predicted molar refractivity (Wildman–Crippen MR) is 104 cm³/mol. The normalized spacial score (nSPS) is 15.3. The quantitative estimate of drug-likeness (QED) is 0.680. The van der Waals surface area contributed by atoms with Crippen LogP contribution in [0, 0.1) is 6.92 Å². The van der Waals surface area contributed by atoms with Crippen LogP contribution in [0.4, 0.5) is 0 Å². The van der Waals surface area contributed by atoms with Gasteiger partial charge in [-0.15, -0.1) is 21.5 Å². The van der Waals surface area contributed by atoms with Crippen LogP contribution in [0.25, 0.3) is 11.5 Å². The number of likely N-dealkylation sites (tertiary alicyclic amines) is 1. The zero-order chi connectivity index (χ0) is 18.8. The van der Waals surface area contributed by atoms with Crippen LogP contribution in [0.3, 0.4) is 0 Å². The van der Waals surface area contributed by atoms with E-state index in [-0.39, 0.29) is 11.8 Å². The number of rotatable bonds is 4. The third kappa shape index (κ3) is 3.78. The number of amides is 1. The SMILES string of the molecule is CCc1cc(C(=O)N2CCC(c3nnc(-c4ccc(C)nc4)o3)CC2)cs1. The maximum Gasteiger partial charge on any atom is 0.254 e. The monoisotopic (exact) mass is 382 g/mol. The molecule has 0 atom stereocenters. The fourth-order valence-electron chi connectivity index (χ4n) is 3.30. The van der Waals surface area contributed by atoms with E-state index < -0.39 is 0 Å². The summed E-state index contributed by atoms with van der Waals surface area (Å²) in [7, 11) is 0. The maximum absolute atomic E-state index is 12.7. The van der Waals surface area contributed by atoms with Gasteiger partial charge in [0, 0.05) is 41.2 Å². The Morgan fingerprint density at radius 3 is 2.78 bits per heavy atom. The number of hydrogen-bond acceptors (Lipinski definition) is 6. The summed E-state index contributed by atoms with van der Waals surface area (Å²) in [4.78, 5) is 20.1. The van der Waals surface area contributed by atoms with Gasteiger partial charge in [0.15, 0.2) is 0 Å². The number of pyridine rings is 1. The second-order valence-corrected chi connectivity index (χ2v) is 7.85. The maximum atomic E-state index is 12.7. The van der Waals surface area contributed by atoms with Gasteiger partial charge in [-0.1, -0.05) is 6.92 Å². The van der Waals surface area contributed by atoms with E-state index in [2.05, 4.69) is 22.1 Å². The van der Waals surface area contributed by atoms with Crippen LogP contribution in [0.2, 0.25) is 0 Å². The molecule has 6 nitrogen and oxygen atoms in total. The van der Waals surface area contributed by atoms with E-state index in [1.165, 1.54) is 4.88 Å². The average Bonchev–Trinajstić information content (AvgIpc) is 3.38. The molecule has 1 aliphatic heterocycles. The molecule has 1 saturated heterocycles. The van der Waals surface area contributed by atoms with Crippen molar-refractivity contribution in [3.05, 3.63) is 51.8 Å². The number of piperidine rings is 1. The van der Waals surface area contributed by atoms with Crippen molar-refractivity contribution in [2.24, 2.45) is 0 Å². The van der Waals surface area contributed by atoms with Crippen LogP contribution in [0.5, 0.6) is 0 Å². The number of carbonyl (C=O) groups excluding carboxylic acids is 1. The van der Waals surface area contributed by atoms with Gasteiger partial charge in [0.1, 0.15) is 0 Å². The lowest BCUT2D eigenvalue weighted by molar-refractivity contribution is 0.0707. The molecule has 0 saturated carbocycles. The number of hydrogen-bond donors (Lipinski definition) is 0. The number of nitrogens with zero attached hydrogens (tertiary/aromatic N) is 4. The number of thiophene rings is 1. The van der Waals surface area contributed by atoms with E-state index >= 15 is 0 Å². The summed E-state index contributed by atoms with van der Waals surface area (Å²) >= 11 is 1.65. The summed E-state index contributed by atoms with van der Waals surface area (Å²) in [5.41, 5.74) is 2.59. The lowest BCUT2D eigenvalue weighted by Crippen LogP contribution is -2.37. The lowest BCUT2D eigenvalue weighted by atomic mass is 9.96. The minimum atomic E-state index is 0.126. The van der Waals surface area contributed by atoms with E-state index in [1.54, 1.807) is 17.5 Å². The van der Waals surface area contributed by atoms with E-state index in [4.69, 9.17) is 4.42 Å². The Bertz CT molecular complexity index is 924. The number of aryl methyl sites for hydroxylation is 2. The molecule has 1 fully saturated rings. The first kappa shape index (κ1) is 17.9. The van der Waals surface area contributed by atoms with Crippen molar-refractivity contribution >= 4 is 17.2 Å². The third-order valence-corrected chi connectivity index (χ3v) is 6.06. The van der Waals surface area contributed by atoms with Gasteiger partial charge in [0.2, 0.25) is 11.8 Å². The third-order valence-electron chi connectivity index (χ3n) is 4.98. The number of carbonyl (C=O) groups is 1. The van der Waals surface area contributed by atoms with E-state index in [0.29, 0.717) is 24.9 Å². The van der Waals surface area contributed by atoms with Crippen LogP contribution >= 0.6 is 11.3 Å². The fourth-order valence-corrected chi connectivity index (χ4v) is 4.11. The Labute approximate surface area is 162 Å². The molecule has 1 aliphatic rings. The molecule has 4 heterocycles. The molecular weight excluding hydrogens is 360 g/mol. The Kier molecular flexibility index (Phi) is 5.03. The predicted octanol–water partition coefficient (Wildman–Crippen LogP) is 4.08. The molecule has 0 bridgehead atoms. The van der Waals surface area contributed by atoms with Crippen LogP contribution < -0.4 is 0 Å². The highest BCUT2D eigenvalue weighted by Crippen LogP contribution is 2.30. The van der Waals surface area contributed by atoms with Gasteiger partial charge in [-0.2, -0.15) is 0 Å². The molecule has 0 N–H and O–H groups in total. The van der Waals surface area contributed by atoms with Crippen molar-refractivity contribution in [3.63, 3.8) is 0 Å². The fraction of sp³-hybridized carbons (Fsp3) is 0.400. The summed E-state index contributed by atoms with van der Waals surface area (Å²) in [5, 5.41) is 10.4. The minimum Gasteiger partial charge on any atom is -0.420 e. The number of aromatic nitrogens is 3. The average molecular weight is 382 g/mol. The Balaban J connectivity index is 1.39. The highest BCUT2D eigenvalue weighted by molar-refractivity contribution is 7.10. The Morgan fingerprint density at radius 1 is 1.30 bits per heavy atom. The second-order valence-electron chi connectivity index (χ2n) is 6.86. The summed E-state index contributed by atoms with van der Waals surface area (Å²) in [6, 6.07) is 5.88. The van der Waals surface area contributed by atoms with Crippen molar-refractivity contribution in [1.29, 1.82) is 0 Å². The standard InChI is InChI=1S/C20H22N4O2S/c1-3-17-10-16(12-27-17)20(25)24-8-6-14(7-9-24)18-22-23-19(26-18)15-5-4-13(2)21-11-15/h4-5,10-12,14H,3,6-9H2,1-2H3. The van der Waals surface area contributed by atoms with Crippen molar-refractivity contribution in [1.82, 2.24) is 20.1 Å². The molecule has 0 aromatic carbocycles. The minimum absolute atomic E-state index is 0.126. The molecule has 1 amide bonds. The second kappa shape index (κ2) is 7.60. The largest absolute Gasteiger partial charge is 0.420 e. The highest BCUT2D eigenvalue weighted by Gasteiger charge is 2.28. The van der Waals surface area contributed by atoms with E-state index in [1.807, 2.05) is 35.4 Å². The molecule has 0 spiro atoms. The smallest absolute Gasteiger partial charge is 0.254 e.